The summed E-state index contributed by atoms with van der Waals surface area (Å²) in [6.45, 7) is 7.45. The second-order valence-corrected chi connectivity index (χ2v) is 5.56. The molecule has 1 fully saturated rings. The van der Waals surface area contributed by atoms with Crippen LogP contribution >= 0.6 is 0 Å². The summed E-state index contributed by atoms with van der Waals surface area (Å²) in [4.78, 5) is 23.8. The van der Waals surface area contributed by atoms with Gasteiger partial charge in [-0.25, -0.2) is 4.79 Å². The molecular formula is C14H26N2O3. The van der Waals surface area contributed by atoms with E-state index in [0.29, 0.717) is 0 Å². The predicted octanol–water partition coefficient (Wildman–Crippen LogP) is 1.38. The lowest BCUT2D eigenvalue weighted by Crippen LogP contribution is -2.53. The summed E-state index contributed by atoms with van der Waals surface area (Å²) in [6.07, 6.45) is 3.05. The van der Waals surface area contributed by atoms with E-state index in [9.17, 15) is 14.7 Å². The molecule has 1 aliphatic rings. The molecule has 0 aromatic rings. The van der Waals surface area contributed by atoms with E-state index in [2.05, 4.69) is 10.6 Å². The number of carboxylic acids is 1. The zero-order valence-electron chi connectivity index (χ0n) is 12.2. The van der Waals surface area contributed by atoms with Crippen molar-refractivity contribution in [3.8, 4) is 0 Å². The van der Waals surface area contributed by atoms with Crippen LogP contribution in [0.1, 0.15) is 46.5 Å². The van der Waals surface area contributed by atoms with Gasteiger partial charge in [0.15, 0.2) is 0 Å². The van der Waals surface area contributed by atoms with Crippen LogP contribution in [0.15, 0.2) is 0 Å². The Labute approximate surface area is 115 Å². The van der Waals surface area contributed by atoms with Crippen LogP contribution in [0.3, 0.4) is 0 Å². The lowest BCUT2D eigenvalue weighted by atomic mass is 9.75. The van der Waals surface area contributed by atoms with Crippen molar-refractivity contribution in [2.75, 3.05) is 13.1 Å². The number of carboxylic acid groups (broad SMARTS) is 1. The molecule has 5 nitrogen and oxygen atoms in total. The summed E-state index contributed by atoms with van der Waals surface area (Å²) in [7, 11) is 0. The molecule has 1 aliphatic heterocycles. The van der Waals surface area contributed by atoms with Gasteiger partial charge < -0.3 is 15.7 Å². The van der Waals surface area contributed by atoms with E-state index in [1.54, 1.807) is 0 Å². The van der Waals surface area contributed by atoms with E-state index in [1.807, 2.05) is 20.8 Å². The number of carbonyl (C=O) groups excluding carboxylic acids is 1. The molecule has 1 amide bonds. The Balaban J connectivity index is 2.77. The van der Waals surface area contributed by atoms with Crippen molar-refractivity contribution in [2.24, 2.45) is 11.3 Å². The van der Waals surface area contributed by atoms with Crippen LogP contribution in [0.4, 0.5) is 0 Å². The summed E-state index contributed by atoms with van der Waals surface area (Å²) < 4.78 is 0. The molecule has 0 radical (unpaired) electrons. The van der Waals surface area contributed by atoms with E-state index >= 15 is 0 Å². The molecule has 0 unspecified atom stereocenters. The molecule has 0 aromatic heterocycles. The van der Waals surface area contributed by atoms with Gasteiger partial charge >= 0.3 is 5.97 Å². The Morgan fingerprint density at radius 2 is 1.89 bits per heavy atom. The zero-order valence-corrected chi connectivity index (χ0v) is 12.2. The molecule has 0 spiro atoms. The van der Waals surface area contributed by atoms with Crippen molar-refractivity contribution in [3.05, 3.63) is 0 Å². The zero-order chi connectivity index (χ0) is 14.5. The van der Waals surface area contributed by atoms with E-state index < -0.39 is 17.4 Å². The maximum Gasteiger partial charge on any atom is 0.326 e. The number of hydrogen-bond donors (Lipinski definition) is 3. The van der Waals surface area contributed by atoms with Gasteiger partial charge in [0, 0.05) is 0 Å². The quantitative estimate of drug-likeness (QED) is 0.681. The summed E-state index contributed by atoms with van der Waals surface area (Å²) in [5.74, 6) is -1.09. The summed E-state index contributed by atoms with van der Waals surface area (Å²) in [6, 6.07) is -0.782. The van der Waals surface area contributed by atoms with Crippen molar-refractivity contribution in [2.45, 2.75) is 52.5 Å². The standard InChI is InChI=1S/C14H26N2O3/c1-4-10(3)11(12(17)18)16-13(19)14(5-2)6-8-15-9-7-14/h10-11,15H,4-9H2,1-3H3,(H,16,19)(H,17,18)/t10-,11-/m0/s1. The van der Waals surface area contributed by atoms with Gasteiger partial charge in [-0.1, -0.05) is 27.2 Å². The monoisotopic (exact) mass is 270 g/mol. The van der Waals surface area contributed by atoms with Gasteiger partial charge in [-0.2, -0.15) is 0 Å². The number of rotatable bonds is 6. The average Bonchev–Trinajstić information content (AvgIpc) is 2.43. The first-order chi connectivity index (χ1) is 8.96. The van der Waals surface area contributed by atoms with Gasteiger partial charge in [0.1, 0.15) is 6.04 Å². The maximum atomic E-state index is 12.5. The second kappa shape index (κ2) is 6.89. The fourth-order valence-electron chi connectivity index (χ4n) is 2.62. The number of amides is 1. The first-order valence-electron chi connectivity index (χ1n) is 7.21. The third-order valence-corrected chi connectivity index (χ3v) is 4.48. The molecule has 0 saturated carbocycles. The van der Waals surface area contributed by atoms with E-state index in [4.69, 9.17) is 0 Å². The minimum atomic E-state index is -0.942. The molecule has 5 heteroatoms. The highest BCUT2D eigenvalue weighted by molar-refractivity contribution is 5.87. The van der Waals surface area contributed by atoms with Crippen molar-refractivity contribution < 1.29 is 14.7 Å². The largest absolute Gasteiger partial charge is 0.480 e. The minimum Gasteiger partial charge on any atom is -0.480 e. The van der Waals surface area contributed by atoms with Crippen molar-refractivity contribution >= 4 is 11.9 Å². The summed E-state index contributed by atoms with van der Waals surface area (Å²) in [5.41, 5.74) is -0.396. The molecule has 110 valence electrons. The number of hydrogen-bond acceptors (Lipinski definition) is 3. The van der Waals surface area contributed by atoms with Crippen LogP contribution in [0, 0.1) is 11.3 Å². The maximum absolute atomic E-state index is 12.5. The third kappa shape index (κ3) is 3.69. The Morgan fingerprint density at radius 1 is 1.32 bits per heavy atom. The topological polar surface area (TPSA) is 78.4 Å². The Morgan fingerprint density at radius 3 is 2.32 bits per heavy atom. The molecule has 1 saturated heterocycles. The number of piperidine rings is 1. The van der Waals surface area contributed by atoms with E-state index in [0.717, 1.165) is 38.8 Å². The average molecular weight is 270 g/mol. The van der Waals surface area contributed by atoms with Crippen LogP contribution in [0.2, 0.25) is 0 Å². The molecule has 0 bridgehead atoms. The first kappa shape index (κ1) is 16.0. The van der Waals surface area contributed by atoms with Gasteiger partial charge in [0.2, 0.25) is 5.91 Å². The molecule has 0 aromatic carbocycles. The highest BCUT2D eigenvalue weighted by Crippen LogP contribution is 2.33. The first-order valence-corrected chi connectivity index (χ1v) is 7.21. The Bertz CT molecular complexity index is 325. The molecule has 1 rings (SSSR count). The van der Waals surface area contributed by atoms with Crippen LogP contribution in [0.5, 0.6) is 0 Å². The lowest BCUT2D eigenvalue weighted by molar-refractivity contribution is -0.146. The fourth-order valence-corrected chi connectivity index (χ4v) is 2.62. The molecule has 1 heterocycles. The Kier molecular flexibility index (Phi) is 5.79. The van der Waals surface area contributed by atoms with Crippen molar-refractivity contribution in [3.63, 3.8) is 0 Å². The minimum absolute atomic E-state index is 0.0583. The van der Waals surface area contributed by atoms with E-state index in [-0.39, 0.29) is 11.8 Å². The second-order valence-electron chi connectivity index (χ2n) is 5.56. The highest BCUT2D eigenvalue weighted by atomic mass is 16.4. The smallest absolute Gasteiger partial charge is 0.326 e. The van der Waals surface area contributed by atoms with Gasteiger partial charge in [-0.05, 0) is 38.3 Å². The van der Waals surface area contributed by atoms with Gasteiger partial charge in [-0.3, -0.25) is 4.79 Å². The Hall–Kier alpha value is -1.10. The number of carbonyl (C=O) groups is 2. The number of aliphatic carboxylic acids is 1. The summed E-state index contributed by atoms with van der Waals surface area (Å²) >= 11 is 0. The molecule has 2 atom stereocenters. The van der Waals surface area contributed by atoms with E-state index in [1.165, 1.54) is 0 Å². The lowest BCUT2D eigenvalue weighted by Gasteiger charge is -2.36. The molecule has 0 aliphatic carbocycles. The van der Waals surface area contributed by atoms with Crippen LogP contribution < -0.4 is 10.6 Å². The van der Waals surface area contributed by atoms with Crippen molar-refractivity contribution in [1.82, 2.24) is 10.6 Å². The summed E-state index contributed by atoms with van der Waals surface area (Å²) in [5, 5.41) is 15.3. The third-order valence-electron chi connectivity index (χ3n) is 4.48. The predicted molar refractivity (Wildman–Crippen MR) is 73.8 cm³/mol. The molecule has 3 N–H and O–H groups in total. The molecule has 19 heavy (non-hydrogen) atoms. The molecular weight excluding hydrogens is 244 g/mol. The van der Waals surface area contributed by atoms with Crippen LogP contribution in [-0.4, -0.2) is 36.1 Å². The SMILES string of the molecule is CC[C@H](C)[C@H](NC(=O)C1(CC)CCNCC1)C(=O)O. The normalized spacial score (nSPS) is 21.4. The van der Waals surface area contributed by atoms with Gasteiger partial charge in [0.25, 0.3) is 0 Å². The van der Waals surface area contributed by atoms with Gasteiger partial charge in [0.05, 0.1) is 5.41 Å². The van der Waals surface area contributed by atoms with Crippen molar-refractivity contribution in [1.29, 1.82) is 0 Å². The van der Waals surface area contributed by atoms with Gasteiger partial charge in [-0.15, -0.1) is 0 Å². The highest BCUT2D eigenvalue weighted by Gasteiger charge is 2.40. The van der Waals surface area contributed by atoms with Crippen LogP contribution in [-0.2, 0) is 9.59 Å². The fraction of sp³-hybridized carbons (Fsp3) is 0.857. The van der Waals surface area contributed by atoms with Crippen LogP contribution in [0.25, 0.3) is 0 Å². The number of nitrogens with one attached hydrogen (secondary N) is 2.